The topological polar surface area (TPSA) is 65.2 Å². The molecule has 6 nitrogen and oxygen atoms in total. The second-order valence-electron chi connectivity index (χ2n) is 7.27. The van der Waals surface area contributed by atoms with Crippen molar-refractivity contribution in [3.8, 4) is 0 Å². The van der Waals surface area contributed by atoms with Gasteiger partial charge in [0.2, 0.25) is 5.90 Å². The Balaban J connectivity index is 1.70. The number of nitrogens with zero attached hydrogens (tertiary/aromatic N) is 5. The van der Waals surface area contributed by atoms with Crippen LogP contribution in [0.25, 0.3) is 11.2 Å². The maximum Gasteiger partial charge on any atom is 0.238 e. The summed E-state index contributed by atoms with van der Waals surface area (Å²) in [6.07, 6.45) is 4.27. The van der Waals surface area contributed by atoms with Crippen LogP contribution in [0.4, 0.5) is 0 Å². The number of aromatic nitrogens is 4. The van der Waals surface area contributed by atoms with Gasteiger partial charge in [0.25, 0.3) is 0 Å². The van der Waals surface area contributed by atoms with E-state index in [1.165, 1.54) is 11.9 Å². The molecule has 1 aliphatic rings. The van der Waals surface area contributed by atoms with Crippen LogP contribution in [0.2, 0.25) is 19.6 Å². The first kappa shape index (κ1) is 16.0. The van der Waals surface area contributed by atoms with Crippen LogP contribution in [-0.4, -0.2) is 46.0 Å². The maximum atomic E-state index is 5.90. The first-order valence-electron chi connectivity index (χ1n) is 8.46. The lowest BCUT2D eigenvalue weighted by atomic mass is 10.1. The molecular weight excluding hydrogens is 330 g/mol. The normalized spacial score (nSPS) is 17.6. The van der Waals surface area contributed by atoms with Crippen molar-refractivity contribution in [1.29, 1.82) is 0 Å². The second kappa shape index (κ2) is 6.07. The van der Waals surface area contributed by atoms with Gasteiger partial charge in [0, 0.05) is 0 Å². The third-order valence-electron chi connectivity index (χ3n) is 4.29. The molecule has 0 N–H and O–H groups in total. The van der Waals surface area contributed by atoms with Gasteiger partial charge in [-0.05, 0) is 12.0 Å². The molecule has 1 unspecified atom stereocenters. The summed E-state index contributed by atoms with van der Waals surface area (Å²) in [6, 6.07) is 10.5. The van der Waals surface area contributed by atoms with Crippen molar-refractivity contribution in [2.75, 3.05) is 6.61 Å². The van der Waals surface area contributed by atoms with Crippen LogP contribution in [0, 0.1) is 0 Å². The molecule has 4 rings (SSSR count). The van der Waals surface area contributed by atoms with E-state index in [4.69, 9.17) is 9.73 Å². The summed E-state index contributed by atoms with van der Waals surface area (Å²) in [5.74, 6) is 0.605. The molecule has 0 aliphatic carbocycles. The SMILES string of the molecule is C[Si](C)(C)n1cnc2ncnc(C3=NC(Cc4ccccc4)CO3)c21. The number of imidazole rings is 1. The monoisotopic (exact) mass is 351 g/mol. The van der Waals surface area contributed by atoms with Gasteiger partial charge in [-0.25, -0.2) is 19.9 Å². The van der Waals surface area contributed by atoms with Crippen molar-refractivity contribution in [1.82, 2.24) is 19.2 Å². The number of fused-ring (bicyclic) bond motifs is 1. The van der Waals surface area contributed by atoms with Crippen LogP contribution in [0.1, 0.15) is 11.3 Å². The fraction of sp³-hybridized carbons (Fsp3) is 0.333. The van der Waals surface area contributed by atoms with Crippen LogP contribution in [0.5, 0.6) is 0 Å². The van der Waals surface area contributed by atoms with Crippen molar-refractivity contribution < 1.29 is 4.74 Å². The molecule has 1 atom stereocenters. The van der Waals surface area contributed by atoms with E-state index in [1.54, 1.807) is 0 Å². The van der Waals surface area contributed by atoms with Crippen LogP contribution < -0.4 is 0 Å². The molecule has 0 bridgehead atoms. The van der Waals surface area contributed by atoms with Crippen molar-refractivity contribution >= 4 is 25.3 Å². The predicted octanol–water partition coefficient (Wildman–Crippen LogP) is 2.90. The fourth-order valence-corrected chi connectivity index (χ4v) is 4.34. The van der Waals surface area contributed by atoms with E-state index in [0.717, 1.165) is 17.6 Å². The summed E-state index contributed by atoms with van der Waals surface area (Å²) >= 11 is 0. The molecule has 128 valence electrons. The quantitative estimate of drug-likeness (QED) is 0.678. The van der Waals surface area contributed by atoms with Gasteiger partial charge < -0.3 is 8.97 Å². The van der Waals surface area contributed by atoms with E-state index in [2.05, 4.69) is 63.1 Å². The molecule has 0 saturated carbocycles. The van der Waals surface area contributed by atoms with Gasteiger partial charge >= 0.3 is 0 Å². The zero-order valence-corrected chi connectivity index (χ0v) is 15.7. The molecule has 3 heterocycles. The number of hydrogen-bond donors (Lipinski definition) is 0. The number of benzene rings is 1. The van der Waals surface area contributed by atoms with Crippen LogP contribution in [0.3, 0.4) is 0 Å². The summed E-state index contributed by atoms with van der Waals surface area (Å²) in [7, 11) is -1.64. The summed E-state index contributed by atoms with van der Waals surface area (Å²) in [4.78, 5) is 18.0. The average Bonchev–Trinajstić information content (AvgIpc) is 3.21. The zero-order chi connectivity index (χ0) is 17.4. The summed E-state index contributed by atoms with van der Waals surface area (Å²) in [5, 5.41) is 0. The minimum Gasteiger partial charge on any atom is -0.474 e. The molecule has 0 saturated heterocycles. The number of hydrogen-bond acceptors (Lipinski definition) is 5. The molecule has 0 fully saturated rings. The zero-order valence-electron chi connectivity index (χ0n) is 14.7. The molecule has 0 amide bonds. The molecule has 3 aromatic rings. The second-order valence-corrected chi connectivity index (χ2v) is 12.1. The largest absolute Gasteiger partial charge is 0.474 e. The minimum atomic E-state index is -1.64. The third kappa shape index (κ3) is 3.07. The highest BCUT2D eigenvalue weighted by Crippen LogP contribution is 2.22. The van der Waals surface area contributed by atoms with E-state index < -0.39 is 8.24 Å². The lowest BCUT2D eigenvalue weighted by Crippen LogP contribution is -2.32. The van der Waals surface area contributed by atoms with E-state index in [-0.39, 0.29) is 6.04 Å². The Morgan fingerprint density at radius 3 is 2.68 bits per heavy atom. The maximum absolute atomic E-state index is 5.90. The summed E-state index contributed by atoms with van der Waals surface area (Å²) in [6.45, 7) is 7.37. The first-order valence-corrected chi connectivity index (χ1v) is 11.9. The van der Waals surface area contributed by atoms with E-state index >= 15 is 0 Å². The number of ether oxygens (including phenoxy) is 1. The minimum absolute atomic E-state index is 0.116. The van der Waals surface area contributed by atoms with Crippen molar-refractivity contribution in [3.63, 3.8) is 0 Å². The molecule has 25 heavy (non-hydrogen) atoms. The Bertz CT molecular complexity index is 930. The Morgan fingerprint density at radius 2 is 1.92 bits per heavy atom. The molecule has 1 aromatic carbocycles. The van der Waals surface area contributed by atoms with Gasteiger partial charge in [-0.3, -0.25) is 0 Å². The van der Waals surface area contributed by atoms with Gasteiger partial charge in [0.1, 0.15) is 18.5 Å². The highest BCUT2D eigenvalue weighted by Gasteiger charge is 2.27. The Kier molecular flexibility index (Phi) is 3.87. The van der Waals surface area contributed by atoms with Gasteiger partial charge in [-0.1, -0.05) is 50.0 Å². The standard InChI is InChI=1S/C18H21N5OSi/c1-25(2,3)23-12-21-17-16(23)15(19-11-20-17)18-22-14(10-24-18)9-13-7-5-4-6-8-13/h4-8,11-12,14H,9-10H2,1-3H3. The number of rotatable bonds is 4. The van der Waals surface area contributed by atoms with Crippen LogP contribution in [-0.2, 0) is 11.2 Å². The van der Waals surface area contributed by atoms with Gasteiger partial charge in [-0.2, -0.15) is 0 Å². The lowest BCUT2D eigenvalue weighted by molar-refractivity contribution is 0.316. The van der Waals surface area contributed by atoms with Gasteiger partial charge in [0.05, 0.1) is 12.4 Å². The van der Waals surface area contributed by atoms with Gasteiger partial charge in [-0.15, -0.1) is 0 Å². The van der Waals surface area contributed by atoms with Gasteiger partial charge in [0.15, 0.2) is 19.6 Å². The smallest absolute Gasteiger partial charge is 0.238 e. The van der Waals surface area contributed by atoms with Crippen molar-refractivity contribution in [2.24, 2.45) is 4.99 Å². The first-order chi connectivity index (χ1) is 12.0. The van der Waals surface area contributed by atoms with E-state index in [0.29, 0.717) is 18.2 Å². The van der Waals surface area contributed by atoms with Crippen molar-refractivity contribution in [2.45, 2.75) is 32.1 Å². The van der Waals surface area contributed by atoms with Crippen LogP contribution >= 0.6 is 0 Å². The molecule has 2 aromatic heterocycles. The summed E-state index contributed by atoms with van der Waals surface area (Å²) in [5.41, 5.74) is 3.65. The Morgan fingerprint density at radius 1 is 1.12 bits per heavy atom. The Hall–Kier alpha value is -2.54. The third-order valence-corrected chi connectivity index (χ3v) is 6.08. The predicted molar refractivity (Wildman–Crippen MR) is 100 cm³/mol. The molecule has 0 radical (unpaired) electrons. The highest BCUT2D eigenvalue weighted by molar-refractivity contribution is 6.75. The Labute approximate surface area is 147 Å². The fourth-order valence-electron chi connectivity index (χ4n) is 3.06. The van der Waals surface area contributed by atoms with Crippen LogP contribution in [0.15, 0.2) is 48.0 Å². The van der Waals surface area contributed by atoms with Crippen molar-refractivity contribution in [3.05, 3.63) is 54.2 Å². The van der Waals surface area contributed by atoms with E-state index in [1.807, 2.05) is 12.4 Å². The lowest BCUT2D eigenvalue weighted by Gasteiger charge is -2.19. The number of aliphatic imine (C=N–C) groups is 1. The highest BCUT2D eigenvalue weighted by atomic mass is 28.3. The molecular formula is C18H21N5OSi. The molecule has 0 spiro atoms. The molecule has 1 aliphatic heterocycles. The molecule has 7 heteroatoms. The average molecular weight is 351 g/mol. The summed E-state index contributed by atoms with van der Waals surface area (Å²) < 4.78 is 8.12. The van der Waals surface area contributed by atoms with E-state index in [9.17, 15) is 0 Å².